The number of fused-ring (bicyclic) bond motifs is 1. The van der Waals surface area contributed by atoms with Gasteiger partial charge in [0.15, 0.2) is 0 Å². The Balaban J connectivity index is 1.53. The third-order valence-electron chi connectivity index (χ3n) is 6.37. The van der Waals surface area contributed by atoms with E-state index in [1.54, 1.807) is 12.1 Å². The van der Waals surface area contributed by atoms with E-state index in [9.17, 15) is 9.90 Å². The molecule has 34 heavy (non-hydrogen) atoms. The van der Waals surface area contributed by atoms with Gasteiger partial charge in [-0.3, -0.25) is 4.90 Å². The molecule has 1 saturated heterocycles. The molecule has 0 aliphatic carbocycles. The van der Waals surface area contributed by atoms with Crippen LogP contribution >= 0.6 is 0 Å². The maximum Gasteiger partial charge on any atom is 0.340 e. The lowest BCUT2D eigenvalue weighted by Crippen LogP contribution is -2.33. The van der Waals surface area contributed by atoms with E-state index in [1.165, 1.54) is 25.3 Å². The number of esters is 1. The van der Waals surface area contributed by atoms with E-state index in [-0.39, 0.29) is 17.2 Å². The highest BCUT2D eigenvalue weighted by atomic mass is 16.5. The summed E-state index contributed by atoms with van der Waals surface area (Å²) in [5, 5.41) is 9.91. The lowest BCUT2D eigenvalue weighted by Gasteiger charge is -2.28. The second kappa shape index (κ2) is 11.3. The monoisotopic (exact) mass is 466 g/mol. The highest BCUT2D eigenvalue weighted by Crippen LogP contribution is 2.44. The number of phenolic OH excluding ortho intramolecular Hbond substituents is 1. The summed E-state index contributed by atoms with van der Waals surface area (Å²) in [6.45, 7) is 6.21. The molecule has 2 aliphatic heterocycles. The summed E-state index contributed by atoms with van der Waals surface area (Å²) in [7, 11) is 0. The van der Waals surface area contributed by atoms with Crippen molar-refractivity contribution in [3.63, 3.8) is 0 Å². The van der Waals surface area contributed by atoms with Crippen molar-refractivity contribution in [2.24, 2.45) is 5.73 Å². The van der Waals surface area contributed by atoms with Crippen molar-refractivity contribution in [1.29, 1.82) is 0 Å². The third-order valence-corrected chi connectivity index (χ3v) is 6.37. The van der Waals surface area contributed by atoms with Crippen molar-refractivity contribution in [2.45, 2.75) is 44.9 Å². The van der Waals surface area contributed by atoms with E-state index in [4.69, 9.17) is 19.9 Å². The number of benzene rings is 2. The van der Waals surface area contributed by atoms with Gasteiger partial charge in [0.1, 0.15) is 29.4 Å². The Hall–Kier alpha value is -3.19. The van der Waals surface area contributed by atoms with Crippen LogP contribution in [-0.4, -0.2) is 48.8 Å². The minimum absolute atomic E-state index is 0.00791. The van der Waals surface area contributed by atoms with E-state index in [0.29, 0.717) is 19.0 Å². The van der Waals surface area contributed by atoms with Gasteiger partial charge in [-0.15, -0.1) is 0 Å². The van der Waals surface area contributed by atoms with Crippen LogP contribution in [-0.2, 0) is 9.53 Å². The van der Waals surface area contributed by atoms with Crippen LogP contribution in [0.5, 0.6) is 17.2 Å². The second-order valence-corrected chi connectivity index (χ2v) is 8.84. The smallest absolute Gasteiger partial charge is 0.340 e. The summed E-state index contributed by atoms with van der Waals surface area (Å²) in [6.07, 6.45) is 5.54. The van der Waals surface area contributed by atoms with Gasteiger partial charge in [0.2, 0.25) is 5.88 Å². The average Bonchev–Trinajstić information content (AvgIpc) is 2.84. The summed E-state index contributed by atoms with van der Waals surface area (Å²) < 4.78 is 17.2. The Morgan fingerprint density at radius 1 is 1.12 bits per heavy atom. The normalized spacial score (nSPS) is 18.2. The fourth-order valence-electron chi connectivity index (χ4n) is 4.50. The van der Waals surface area contributed by atoms with E-state index in [2.05, 4.69) is 4.90 Å². The fourth-order valence-corrected chi connectivity index (χ4v) is 4.50. The van der Waals surface area contributed by atoms with E-state index >= 15 is 0 Å². The van der Waals surface area contributed by atoms with Gasteiger partial charge < -0.3 is 25.1 Å². The van der Waals surface area contributed by atoms with Gasteiger partial charge in [0, 0.05) is 18.2 Å². The number of piperidine rings is 1. The number of ether oxygens (including phenoxy) is 3. The molecule has 0 bridgehead atoms. The van der Waals surface area contributed by atoms with Crippen LogP contribution in [0.1, 0.15) is 56.1 Å². The van der Waals surface area contributed by atoms with E-state index < -0.39 is 11.9 Å². The van der Waals surface area contributed by atoms with Gasteiger partial charge in [-0.2, -0.15) is 0 Å². The first-order chi connectivity index (χ1) is 16.6. The second-order valence-electron chi connectivity index (χ2n) is 8.84. The molecule has 0 spiro atoms. The molecular formula is C27H34N2O5. The zero-order valence-corrected chi connectivity index (χ0v) is 19.8. The predicted molar refractivity (Wildman–Crippen MR) is 130 cm³/mol. The van der Waals surface area contributed by atoms with Gasteiger partial charge in [-0.25, -0.2) is 4.79 Å². The molecule has 1 unspecified atom stereocenters. The first kappa shape index (κ1) is 24.0. The number of unbranched alkanes of at least 4 members (excludes halogenated alkanes) is 1. The summed E-state index contributed by atoms with van der Waals surface area (Å²) in [4.78, 5) is 15.4. The van der Waals surface area contributed by atoms with Gasteiger partial charge >= 0.3 is 5.97 Å². The molecule has 2 heterocycles. The number of aromatic hydroxyl groups is 1. The molecule has 2 aromatic carbocycles. The van der Waals surface area contributed by atoms with Crippen molar-refractivity contribution in [2.75, 3.05) is 32.8 Å². The quantitative estimate of drug-likeness (QED) is 0.420. The number of nitrogens with zero attached hydrogens (tertiary/aromatic N) is 1. The molecule has 0 saturated carbocycles. The molecule has 2 aliphatic rings. The summed E-state index contributed by atoms with van der Waals surface area (Å²) in [5.41, 5.74) is 8.07. The number of carbonyl (C=O) groups excluding carboxylic acids is 1. The lowest BCUT2D eigenvalue weighted by atomic mass is 9.83. The lowest BCUT2D eigenvalue weighted by molar-refractivity contribution is -0.139. The maximum absolute atomic E-state index is 13.0. The Morgan fingerprint density at radius 3 is 2.62 bits per heavy atom. The Morgan fingerprint density at radius 2 is 1.88 bits per heavy atom. The average molecular weight is 467 g/mol. The molecule has 2 aromatic rings. The molecule has 0 amide bonds. The zero-order chi connectivity index (χ0) is 23.9. The summed E-state index contributed by atoms with van der Waals surface area (Å²) in [6, 6.07) is 12.5. The number of carbonyl (C=O) groups is 1. The van der Waals surface area contributed by atoms with Crippen molar-refractivity contribution < 1.29 is 24.1 Å². The van der Waals surface area contributed by atoms with Crippen molar-refractivity contribution >= 4 is 5.97 Å². The number of phenols is 1. The topological polar surface area (TPSA) is 94.2 Å². The molecule has 182 valence electrons. The fraction of sp³-hybridized carbons (Fsp3) is 0.444. The predicted octanol–water partition coefficient (Wildman–Crippen LogP) is 4.29. The van der Waals surface area contributed by atoms with Crippen molar-refractivity contribution in [3.05, 3.63) is 65.0 Å². The highest BCUT2D eigenvalue weighted by molar-refractivity contribution is 5.92. The molecule has 1 fully saturated rings. The van der Waals surface area contributed by atoms with Crippen LogP contribution in [0.4, 0.5) is 0 Å². The minimum atomic E-state index is -0.489. The van der Waals surface area contributed by atoms with E-state index in [0.717, 1.165) is 49.4 Å². The number of nitrogens with two attached hydrogens (primary N) is 1. The zero-order valence-electron chi connectivity index (χ0n) is 19.8. The van der Waals surface area contributed by atoms with Crippen LogP contribution < -0.4 is 15.2 Å². The molecule has 4 rings (SSSR count). The number of rotatable bonds is 9. The SMILES string of the molecule is CCCCOC(=O)C1=C(N)Oc2cc(O)ccc2C1c1ccc(OCCN2CCCCC2)cc1. The van der Waals surface area contributed by atoms with Gasteiger partial charge in [0.25, 0.3) is 0 Å². The number of hydrogen-bond donors (Lipinski definition) is 2. The molecule has 0 aromatic heterocycles. The number of likely N-dealkylation sites (tertiary alicyclic amines) is 1. The van der Waals surface area contributed by atoms with Crippen molar-refractivity contribution in [1.82, 2.24) is 4.90 Å². The maximum atomic E-state index is 13.0. The van der Waals surface area contributed by atoms with Crippen LogP contribution in [0.2, 0.25) is 0 Å². The molecule has 7 nitrogen and oxygen atoms in total. The largest absolute Gasteiger partial charge is 0.508 e. The third kappa shape index (κ3) is 5.65. The van der Waals surface area contributed by atoms with Crippen LogP contribution in [0.3, 0.4) is 0 Å². The Kier molecular flexibility index (Phi) is 7.95. The van der Waals surface area contributed by atoms with Crippen molar-refractivity contribution in [3.8, 4) is 17.2 Å². The highest BCUT2D eigenvalue weighted by Gasteiger charge is 2.35. The Bertz CT molecular complexity index is 1010. The summed E-state index contributed by atoms with van der Waals surface area (Å²) in [5.74, 6) is 0.304. The summed E-state index contributed by atoms with van der Waals surface area (Å²) >= 11 is 0. The molecule has 7 heteroatoms. The van der Waals surface area contributed by atoms with Crippen LogP contribution in [0.25, 0.3) is 0 Å². The molecule has 0 radical (unpaired) electrons. The molecular weight excluding hydrogens is 432 g/mol. The molecule has 3 N–H and O–H groups in total. The first-order valence-electron chi connectivity index (χ1n) is 12.2. The first-order valence-corrected chi connectivity index (χ1v) is 12.2. The van der Waals surface area contributed by atoms with Gasteiger partial charge in [-0.05, 0) is 56.1 Å². The standard InChI is InChI=1S/C27H34N2O5/c1-2-3-16-33-27(31)25-24(22-12-9-20(30)18-23(22)34-26(25)28)19-7-10-21(11-8-19)32-17-15-29-13-5-4-6-14-29/h7-12,18,24,30H,2-6,13-17,28H2,1H3. The van der Waals surface area contributed by atoms with E-state index in [1.807, 2.05) is 31.2 Å². The van der Waals surface area contributed by atoms with Gasteiger partial charge in [-0.1, -0.05) is 38.0 Å². The van der Waals surface area contributed by atoms with Crippen LogP contribution in [0.15, 0.2) is 53.9 Å². The Labute approximate surface area is 201 Å². The molecule has 1 atom stereocenters. The minimum Gasteiger partial charge on any atom is -0.508 e. The number of hydrogen-bond acceptors (Lipinski definition) is 7. The van der Waals surface area contributed by atoms with Gasteiger partial charge in [0.05, 0.1) is 12.5 Å². The van der Waals surface area contributed by atoms with Crippen LogP contribution in [0, 0.1) is 0 Å².